The van der Waals surface area contributed by atoms with Crippen molar-refractivity contribution in [1.29, 1.82) is 0 Å². The maximum absolute atomic E-state index is 12.0. The Morgan fingerprint density at radius 3 is 2.17 bits per heavy atom. The number of urea groups is 2. The maximum atomic E-state index is 12.0. The van der Waals surface area contributed by atoms with Gasteiger partial charge in [-0.2, -0.15) is 0 Å². The van der Waals surface area contributed by atoms with Crippen molar-refractivity contribution in [1.82, 2.24) is 26.6 Å². The molecule has 0 aliphatic carbocycles. The summed E-state index contributed by atoms with van der Waals surface area (Å²) in [7, 11) is 3.44. The number of unbranched alkanes of at least 4 members (excludes halogenated alkanes) is 1. The molecule has 0 aromatic heterocycles. The molecule has 0 bridgehead atoms. The second-order valence-electron chi connectivity index (χ2n) is 5.93. The Morgan fingerprint density at radius 1 is 1.00 bits per heavy atom. The van der Waals surface area contributed by atoms with E-state index in [-0.39, 0.29) is 24.1 Å². The molecule has 0 saturated heterocycles. The van der Waals surface area contributed by atoms with Gasteiger partial charge in [-0.15, -0.1) is 0 Å². The van der Waals surface area contributed by atoms with Gasteiger partial charge in [0, 0.05) is 32.2 Å². The van der Waals surface area contributed by atoms with Crippen molar-refractivity contribution in [3.05, 3.63) is 0 Å². The highest BCUT2D eigenvalue weighted by Gasteiger charge is 2.15. The summed E-state index contributed by atoms with van der Waals surface area (Å²) in [4.78, 5) is 23.3. The van der Waals surface area contributed by atoms with E-state index in [9.17, 15) is 9.59 Å². The third kappa shape index (κ3) is 10.8. The molecule has 0 fully saturated rings. The van der Waals surface area contributed by atoms with Crippen LogP contribution in [0.15, 0.2) is 0 Å². The Labute approximate surface area is 139 Å². The van der Waals surface area contributed by atoms with Crippen molar-refractivity contribution in [2.45, 2.75) is 45.2 Å². The van der Waals surface area contributed by atoms with E-state index >= 15 is 0 Å². The van der Waals surface area contributed by atoms with Gasteiger partial charge >= 0.3 is 12.1 Å². The molecule has 0 heterocycles. The second-order valence-corrected chi connectivity index (χ2v) is 5.93. The quantitative estimate of drug-likeness (QED) is 0.298. The first kappa shape index (κ1) is 21.5. The molecule has 4 amide bonds. The smallest absolute Gasteiger partial charge is 0.315 e. The van der Waals surface area contributed by atoms with Gasteiger partial charge in [0.2, 0.25) is 0 Å². The van der Waals surface area contributed by atoms with Crippen molar-refractivity contribution in [3.8, 4) is 0 Å². The Bertz CT molecular complexity index is 338. The Balaban J connectivity index is 4.31. The van der Waals surface area contributed by atoms with E-state index in [0.717, 1.165) is 19.3 Å². The summed E-state index contributed by atoms with van der Waals surface area (Å²) in [6.45, 7) is 5.77. The van der Waals surface area contributed by atoms with Gasteiger partial charge < -0.3 is 32.3 Å². The van der Waals surface area contributed by atoms with E-state index in [4.69, 9.17) is 5.73 Å². The summed E-state index contributed by atoms with van der Waals surface area (Å²) in [6, 6.07) is -0.375. The third-order valence-corrected chi connectivity index (χ3v) is 3.74. The molecule has 7 N–H and O–H groups in total. The SMILES string of the molecule is CNC(=O)NC[C@H](CCCCN)NC(=O)NCC(NC)C(C)C. The molecule has 0 aromatic rings. The van der Waals surface area contributed by atoms with Gasteiger partial charge in [-0.1, -0.05) is 20.3 Å². The number of carbonyl (C=O) groups excluding carboxylic acids is 2. The molecular weight excluding hydrogens is 296 g/mol. The van der Waals surface area contributed by atoms with Gasteiger partial charge in [-0.05, 0) is 32.4 Å². The predicted molar refractivity (Wildman–Crippen MR) is 93.4 cm³/mol. The fourth-order valence-corrected chi connectivity index (χ4v) is 2.17. The monoisotopic (exact) mass is 330 g/mol. The van der Waals surface area contributed by atoms with Gasteiger partial charge in [0.05, 0.1) is 0 Å². The molecule has 8 heteroatoms. The second kappa shape index (κ2) is 13.0. The van der Waals surface area contributed by atoms with Crippen LogP contribution in [0.2, 0.25) is 0 Å². The molecule has 1 unspecified atom stereocenters. The lowest BCUT2D eigenvalue weighted by Gasteiger charge is -2.23. The van der Waals surface area contributed by atoms with Crippen LogP contribution in [0, 0.1) is 5.92 Å². The van der Waals surface area contributed by atoms with Gasteiger partial charge in [0.15, 0.2) is 0 Å². The van der Waals surface area contributed by atoms with Gasteiger partial charge in [0.25, 0.3) is 0 Å². The molecule has 0 saturated carbocycles. The minimum Gasteiger partial charge on any atom is -0.341 e. The number of hydrogen-bond acceptors (Lipinski definition) is 4. The van der Waals surface area contributed by atoms with Gasteiger partial charge in [-0.3, -0.25) is 0 Å². The highest BCUT2D eigenvalue weighted by Crippen LogP contribution is 2.01. The van der Waals surface area contributed by atoms with E-state index in [1.54, 1.807) is 7.05 Å². The molecule has 0 aliphatic rings. The lowest BCUT2D eigenvalue weighted by Crippen LogP contribution is -2.51. The first-order valence-corrected chi connectivity index (χ1v) is 8.31. The van der Waals surface area contributed by atoms with Crippen LogP contribution in [0.25, 0.3) is 0 Å². The van der Waals surface area contributed by atoms with Crippen molar-refractivity contribution >= 4 is 12.1 Å². The molecule has 0 radical (unpaired) electrons. The zero-order chi connectivity index (χ0) is 17.7. The summed E-state index contributed by atoms with van der Waals surface area (Å²) in [5.41, 5.74) is 5.50. The van der Waals surface area contributed by atoms with Crippen LogP contribution < -0.4 is 32.3 Å². The van der Waals surface area contributed by atoms with E-state index in [1.165, 1.54) is 0 Å². The van der Waals surface area contributed by atoms with Crippen molar-refractivity contribution in [2.75, 3.05) is 33.7 Å². The molecule has 0 aromatic carbocycles. The highest BCUT2D eigenvalue weighted by molar-refractivity contribution is 5.75. The standard InChI is InChI=1S/C15H34N6O2/c1-11(2)13(17-3)10-20-15(23)21-12(7-5-6-8-16)9-19-14(22)18-4/h11-13,17H,5-10,16H2,1-4H3,(H2,18,19,22)(H2,20,21,23)/t12-,13?/m0/s1. The van der Waals surface area contributed by atoms with Crippen LogP contribution in [0.1, 0.15) is 33.1 Å². The average Bonchev–Trinajstić information content (AvgIpc) is 2.52. The first-order chi connectivity index (χ1) is 10.9. The number of hydrogen-bond donors (Lipinski definition) is 6. The van der Waals surface area contributed by atoms with E-state index in [1.807, 2.05) is 7.05 Å². The molecule has 0 rings (SSSR count). The van der Waals surface area contributed by atoms with Gasteiger partial charge in [0.1, 0.15) is 0 Å². The van der Waals surface area contributed by atoms with Crippen LogP contribution in [0.3, 0.4) is 0 Å². The zero-order valence-corrected chi connectivity index (χ0v) is 14.9. The normalized spacial score (nSPS) is 13.3. The lowest BCUT2D eigenvalue weighted by molar-refractivity contribution is 0.229. The fraction of sp³-hybridized carbons (Fsp3) is 0.867. The Hall–Kier alpha value is -1.54. The number of nitrogens with two attached hydrogens (primary N) is 1. The number of nitrogens with one attached hydrogen (secondary N) is 5. The molecule has 0 aliphatic heterocycles. The van der Waals surface area contributed by atoms with E-state index < -0.39 is 0 Å². The van der Waals surface area contributed by atoms with E-state index in [2.05, 4.69) is 40.4 Å². The van der Waals surface area contributed by atoms with Crippen molar-refractivity contribution in [2.24, 2.45) is 11.7 Å². The lowest BCUT2D eigenvalue weighted by atomic mass is 10.1. The van der Waals surface area contributed by atoms with Crippen molar-refractivity contribution in [3.63, 3.8) is 0 Å². The van der Waals surface area contributed by atoms with Crippen LogP contribution in [-0.4, -0.2) is 57.9 Å². The molecule has 136 valence electrons. The van der Waals surface area contributed by atoms with Gasteiger partial charge in [-0.25, -0.2) is 9.59 Å². The summed E-state index contributed by atoms with van der Waals surface area (Å²) in [5.74, 6) is 0.426. The van der Waals surface area contributed by atoms with Crippen LogP contribution >= 0.6 is 0 Å². The Kier molecular flexibility index (Phi) is 12.1. The molecule has 8 nitrogen and oxygen atoms in total. The van der Waals surface area contributed by atoms with Crippen LogP contribution in [0.5, 0.6) is 0 Å². The zero-order valence-electron chi connectivity index (χ0n) is 14.9. The Morgan fingerprint density at radius 2 is 1.65 bits per heavy atom. The molecular formula is C15H34N6O2. The molecule has 0 spiro atoms. The maximum Gasteiger partial charge on any atom is 0.315 e. The van der Waals surface area contributed by atoms with Crippen LogP contribution in [0.4, 0.5) is 9.59 Å². The highest BCUT2D eigenvalue weighted by atomic mass is 16.2. The minimum absolute atomic E-state index is 0.120. The summed E-state index contributed by atoms with van der Waals surface area (Å²) >= 11 is 0. The summed E-state index contributed by atoms with van der Waals surface area (Å²) in [5, 5.41) is 14.2. The summed E-state index contributed by atoms with van der Waals surface area (Å²) in [6.07, 6.45) is 2.57. The van der Waals surface area contributed by atoms with Crippen molar-refractivity contribution < 1.29 is 9.59 Å². The number of amides is 4. The molecule has 2 atom stereocenters. The number of carbonyl (C=O) groups is 2. The third-order valence-electron chi connectivity index (χ3n) is 3.74. The first-order valence-electron chi connectivity index (χ1n) is 8.31. The largest absolute Gasteiger partial charge is 0.341 e. The number of likely N-dealkylation sites (N-methyl/N-ethyl adjacent to an activating group) is 1. The summed E-state index contributed by atoms with van der Waals surface area (Å²) < 4.78 is 0. The minimum atomic E-state index is -0.258. The van der Waals surface area contributed by atoms with Crippen LogP contribution in [-0.2, 0) is 0 Å². The van der Waals surface area contributed by atoms with E-state index in [0.29, 0.717) is 25.6 Å². The molecule has 23 heavy (non-hydrogen) atoms. The topological polar surface area (TPSA) is 120 Å². The fourth-order valence-electron chi connectivity index (χ4n) is 2.17. The predicted octanol–water partition coefficient (Wildman–Crippen LogP) is -0.0438. The average molecular weight is 330 g/mol. The number of rotatable bonds is 11.